The molecule has 9 heteroatoms. The quantitative estimate of drug-likeness (QED) is 0.556. The fraction of sp³-hybridized carbons (Fsp3) is 0.143. The van der Waals surface area contributed by atoms with Crippen LogP contribution in [0.1, 0.15) is 16.8 Å². The van der Waals surface area contributed by atoms with Crippen LogP contribution in [0.15, 0.2) is 64.0 Å². The van der Waals surface area contributed by atoms with Crippen molar-refractivity contribution in [1.29, 1.82) is 0 Å². The number of carbonyl (C=O) groups excluding carboxylic acids is 1. The van der Waals surface area contributed by atoms with Crippen molar-refractivity contribution in [2.24, 2.45) is 0 Å². The number of hydrogen-bond donors (Lipinski definition) is 2. The van der Waals surface area contributed by atoms with Gasteiger partial charge in [0, 0.05) is 17.3 Å². The van der Waals surface area contributed by atoms with Gasteiger partial charge >= 0.3 is 0 Å². The van der Waals surface area contributed by atoms with Crippen LogP contribution in [-0.2, 0) is 14.8 Å². The molecule has 0 fully saturated rings. The highest BCUT2D eigenvalue weighted by Gasteiger charge is 2.19. The third kappa shape index (κ3) is 5.06. The molecule has 8 nitrogen and oxygen atoms in total. The molecule has 0 bridgehead atoms. The lowest BCUT2D eigenvalue weighted by Gasteiger charge is -2.07. The van der Waals surface area contributed by atoms with Crippen LogP contribution in [0.3, 0.4) is 0 Å². The maximum Gasteiger partial charge on any atom is 0.264 e. The van der Waals surface area contributed by atoms with Gasteiger partial charge in [-0.05, 0) is 61.9 Å². The van der Waals surface area contributed by atoms with Crippen molar-refractivity contribution in [3.8, 4) is 5.75 Å². The van der Waals surface area contributed by atoms with Crippen LogP contribution in [0.25, 0.3) is 6.08 Å². The molecule has 2 N–H and O–H groups in total. The lowest BCUT2D eigenvalue weighted by Crippen LogP contribution is -2.13. The van der Waals surface area contributed by atoms with E-state index < -0.39 is 10.0 Å². The van der Waals surface area contributed by atoms with E-state index in [9.17, 15) is 13.2 Å². The number of aromatic nitrogens is 1. The summed E-state index contributed by atoms with van der Waals surface area (Å²) in [5.41, 5.74) is 2.53. The molecule has 30 heavy (non-hydrogen) atoms. The van der Waals surface area contributed by atoms with Crippen LogP contribution in [0.5, 0.6) is 5.75 Å². The van der Waals surface area contributed by atoms with Crippen molar-refractivity contribution in [3.63, 3.8) is 0 Å². The van der Waals surface area contributed by atoms with Crippen molar-refractivity contribution in [2.45, 2.75) is 18.7 Å². The first-order chi connectivity index (χ1) is 14.3. The Labute approximate surface area is 174 Å². The predicted octanol–water partition coefficient (Wildman–Crippen LogP) is 3.75. The average molecular weight is 427 g/mol. The second-order valence-corrected chi connectivity index (χ2v) is 8.13. The van der Waals surface area contributed by atoms with Crippen LogP contribution in [-0.4, -0.2) is 26.6 Å². The Balaban J connectivity index is 1.63. The lowest BCUT2D eigenvalue weighted by atomic mass is 10.2. The minimum Gasteiger partial charge on any atom is -0.497 e. The fourth-order valence-electron chi connectivity index (χ4n) is 2.48. The molecule has 0 spiro atoms. The van der Waals surface area contributed by atoms with Gasteiger partial charge in [-0.1, -0.05) is 17.3 Å². The Bertz CT molecular complexity index is 1160. The summed E-state index contributed by atoms with van der Waals surface area (Å²) in [6.07, 6.45) is 3.06. The Kier molecular flexibility index (Phi) is 6.22. The van der Waals surface area contributed by atoms with Gasteiger partial charge < -0.3 is 14.6 Å². The molecule has 0 aliphatic carbocycles. The van der Waals surface area contributed by atoms with Gasteiger partial charge in [0.25, 0.3) is 10.0 Å². The summed E-state index contributed by atoms with van der Waals surface area (Å²) < 4.78 is 37.4. The molecule has 0 saturated heterocycles. The molecule has 0 atom stereocenters. The van der Waals surface area contributed by atoms with Gasteiger partial charge in [0.05, 0.1) is 17.7 Å². The van der Waals surface area contributed by atoms with E-state index in [-0.39, 0.29) is 16.7 Å². The third-order valence-corrected chi connectivity index (χ3v) is 5.71. The van der Waals surface area contributed by atoms with Crippen LogP contribution in [0.2, 0.25) is 0 Å². The summed E-state index contributed by atoms with van der Waals surface area (Å²) in [5.74, 6) is 0.468. The van der Waals surface area contributed by atoms with Crippen LogP contribution in [0.4, 0.5) is 11.6 Å². The van der Waals surface area contributed by atoms with Crippen molar-refractivity contribution in [3.05, 3.63) is 71.4 Å². The SMILES string of the molecule is COc1ccc(/C=C/C(=O)Nc2ccc(S(=O)(=O)Nc3onc(C)c3C)cc2)cc1. The highest BCUT2D eigenvalue weighted by Crippen LogP contribution is 2.22. The highest BCUT2D eigenvalue weighted by molar-refractivity contribution is 7.92. The van der Waals surface area contributed by atoms with Crippen molar-refractivity contribution in [2.75, 3.05) is 17.1 Å². The smallest absolute Gasteiger partial charge is 0.264 e. The van der Waals surface area contributed by atoms with Gasteiger partial charge in [-0.25, -0.2) is 13.1 Å². The van der Waals surface area contributed by atoms with E-state index in [0.717, 1.165) is 11.3 Å². The van der Waals surface area contributed by atoms with E-state index in [4.69, 9.17) is 9.26 Å². The van der Waals surface area contributed by atoms with Gasteiger partial charge in [0.2, 0.25) is 11.8 Å². The number of rotatable bonds is 7. The molecule has 0 aliphatic heterocycles. The van der Waals surface area contributed by atoms with Crippen LogP contribution < -0.4 is 14.8 Å². The van der Waals surface area contributed by atoms with Crippen molar-refractivity contribution >= 4 is 33.6 Å². The van der Waals surface area contributed by atoms with E-state index in [0.29, 0.717) is 16.9 Å². The normalized spacial score (nSPS) is 11.4. The molecule has 156 valence electrons. The monoisotopic (exact) mass is 427 g/mol. The molecular formula is C21H21N3O5S. The van der Waals surface area contributed by atoms with Gasteiger partial charge in [-0.2, -0.15) is 0 Å². The van der Waals surface area contributed by atoms with Gasteiger partial charge in [-0.15, -0.1) is 0 Å². The molecule has 0 radical (unpaired) electrons. The summed E-state index contributed by atoms with van der Waals surface area (Å²) in [4.78, 5) is 12.1. The lowest BCUT2D eigenvalue weighted by molar-refractivity contribution is -0.111. The number of methoxy groups -OCH3 is 1. The van der Waals surface area contributed by atoms with Crippen LogP contribution in [0, 0.1) is 13.8 Å². The van der Waals surface area contributed by atoms with E-state index in [2.05, 4.69) is 15.2 Å². The number of ether oxygens (including phenoxy) is 1. The first kappa shape index (κ1) is 21.1. The Morgan fingerprint density at radius 3 is 2.30 bits per heavy atom. The van der Waals surface area contributed by atoms with Crippen molar-refractivity contribution in [1.82, 2.24) is 5.16 Å². The molecule has 0 aliphatic rings. The van der Waals surface area contributed by atoms with E-state index in [1.54, 1.807) is 39.2 Å². The summed E-state index contributed by atoms with van der Waals surface area (Å²) >= 11 is 0. The minimum atomic E-state index is -3.84. The molecule has 1 aromatic heterocycles. The molecular weight excluding hydrogens is 406 g/mol. The fourth-order valence-corrected chi connectivity index (χ4v) is 3.53. The largest absolute Gasteiger partial charge is 0.497 e. The molecule has 1 heterocycles. The predicted molar refractivity (Wildman–Crippen MR) is 114 cm³/mol. The van der Waals surface area contributed by atoms with E-state index in [1.807, 2.05) is 12.1 Å². The average Bonchev–Trinajstić information content (AvgIpc) is 3.04. The maximum atomic E-state index is 12.5. The first-order valence-corrected chi connectivity index (χ1v) is 10.5. The molecule has 2 aromatic carbocycles. The second kappa shape index (κ2) is 8.83. The van der Waals surface area contributed by atoms with Gasteiger partial charge in [0.1, 0.15) is 5.75 Å². The topological polar surface area (TPSA) is 111 Å². The van der Waals surface area contributed by atoms with E-state index >= 15 is 0 Å². The van der Waals surface area contributed by atoms with Crippen LogP contribution >= 0.6 is 0 Å². The Hall–Kier alpha value is -3.59. The first-order valence-electron chi connectivity index (χ1n) is 8.97. The zero-order valence-corrected chi connectivity index (χ0v) is 17.5. The molecule has 0 saturated carbocycles. The number of benzene rings is 2. The Morgan fingerprint density at radius 1 is 1.07 bits per heavy atom. The second-order valence-electron chi connectivity index (χ2n) is 6.45. The van der Waals surface area contributed by atoms with Gasteiger partial charge in [-0.3, -0.25) is 4.79 Å². The zero-order valence-electron chi connectivity index (χ0n) is 16.7. The molecule has 1 amide bonds. The Morgan fingerprint density at radius 2 is 1.73 bits per heavy atom. The molecule has 3 rings (SSSR count). The molecule has 3 aromatic rings. The highest BCUT2D eigenvalue weighted by atomic mass is 32.2. The number of carbonyl (C=O) groups is 1. The number of aryl methyl sites for hydroxylation is 1. The van der Waals surface area contributed by atoms with Crippen molar-refractivity contribution < 1.29 is 22.5 Å². The number of sulfonamides is 1. The molecule has 0 unspecified atom stereocenters. The standard InChI is InChI=1S/C21H21N3O5S/c1-14-15(2)23-29-21(14)24-30(26,27)19-11-7-17(8-12-19)22-20(25)13-6-16-4-9-18(28-3)10-5-16/h4-13,24H,1-3H3,(H,22,25)/b13-6+. The maximum absolute atomic E-state index is 12.5. The number of nitrogens with zero attached hydrogens (tertiary/aromatic N) is 1. The number of anilines is 2. The summed E-state index contributed by atoms with van der Waals surface area (Å²) in [6.45, 7) is 3.43. The minimum absolute atomic E-state index is 0.0303. The zero-order chi connectivity index (χ0) is 21.7. The number of amides is 1. The third-order valence-electron chi connectivity index (χ3n) is 4.36. The number of hydrogen-bond acceptors (Lipinski definition) is 6. The number of nitrogens with one attached hydrogen (secondary N) is 2. The summed E-state index contributed by atoms with van der Waals surface area (Å²) in [7, 11) is -2.26. The summed E-state index contributed by atoms with van der Waals surface area (Å²) in [5, 5.41) is 6.41. The summed E-state index contributed by atoms with van der Waals surface area (Å²) in [6, 6.07) is 13.0. The van der Waals surface area contributed by atoms with E-state index in [1.165, 1.54) is 30.3 Å². The van der Waals surface area contributed by atoms with Gasteiger partial charge in [0.15, 0.2) is 0 Å².